The molecule has 0 radical (unpaired) electrons. The van der Waals surface area contributed by atoms with Crippen LogP contribution < -0.4 is 0 Å². The van der Waals surface area contributed by atoms with Crippen LogP contribution in [0.25, 0.3) is 11.5 Å². The molecule has 1 amide bonds. The van der Waals surface area contributed by atoms with Gasteiger partial charge < -0.3 is 14.5 Å². The molecule has 1 aromatic heterocycles. The van der Waals surface area contributed by atoms with Crippen molar-refractivity contribution in [2.24, 2.45) is 5.92 Å². The highest BCUT2D eigenvalue weighted by atomic mass is 79.9. The van der Waals surface area contributed by atoms with E-state index < -0.39 is 0 Å². The third-order valence-electron chi connectivity index (χ3n) is 5.15. The molecule has 150 valence electrons. The first kappa shape index (κ1) is 20.1. The third-order valence-corrected chi connectivity index (χ3v) is 6.36. The van der Waals surface area contributed by atoms with Crippen LogP contribution in [0, 0.1) is 5.92 Å². The third kappa shape index (κ3) is 4.53. The molecule has 0 bridgehead atoms. The van der Waals surface area contributed by atoms with Gasteiger partial charge in [-0.25, -0.2) is 0 Å². The second kappa shape index (κ2) is 8.67. The zero-order chi connectivity index (χ0) is 20.4. The predicted molar refractivity (Wildman–Crippen MR) is 116 cm³/mol. The monoisotopic (exact) mass is 519 g/mol. The highest BCUT2D eigenvalue weighted by Gasteiger charge is 2.27. The Kier molecular flexibility index (Phi) is 6.01. The molecule has 3 aromatic rings. The quantitative estimate of drug-likeness (QED) is 0.520. The van der Waals surface area contributed by atoms with E-state index in [1.807, 2.05) is 6.07 Å². The lowest BCUT2D eigenvalue weighted by Crippen LogP contribution is -2.39. The van der Waals surface area contributed by atoms with Crippen LogP contribution in [-0.4, -0.2) is 39.1 Å². The Hall–Kier alpha value is -2.19. The van der Waals surface area contributed by atoms with Crippen LogP contribution >= 0.6 is 31.9 Å². The maximum atomic E-state index is 12.8. The number of piperidine rings is 1. The summed E-state index contributed by atoms with van der Waals surface area (Å²) in [6.45, 7) is 1.38. The van der Waals surface area contributed by atoms with Gasteiger partial charge in [0.2, 0.25) is 0 Å². The first-order valence-corrected chi connectivity index (χ1v) is 10.9. The molecule has 6 nitrogen and oxygen atoms in total. The lowest BCUT2D eigenvalue weighted by molar-refractivity contribution is 0.0675. The summed E-state index contributed by atoms with van der Waals surface area (Å²) in [4.78, 5) is 18.8. The zero-order valence-electron chi connectivity index (χ0n) is 15.5. The number of likely N-dealkylation sites (tertiary alicyclic amines) is 1. The van der Waals surface area contributed by atoms with Crippen LogP contribution in [0.4, 0.5) is 0 Å². The number of amides is 1. The van der Waals surface area contributed by atoms with Crippen LogP contribution in [0.1, 0.15) is 29.0 Å². The Morgan fingerprint density at radius 2 is 1.79 bits per heavy atom. The molecule has 2 heterocycles. The standard InChI is InChI=1S/C21H19Br2N3O3/c22-16-11-15(12-17(23)18(16)27)20-24-19(25-29-20)21(28)26-8-6-14(7-9-26)10-13-4-2-1-3-5-13/h1-5,11-12,14,27H,6-10H2. The number of rotatable bonds is 4. The zero-order valence-corrected chi connectivity index (χ0v) is 18.7. The van der Waals surface area contributed by atoms with Crippen molar-refractivity contribution in [2.45, 2.75) is 19.3 Å². The molecule has 0 saturated carbocycles. The number of halogens is 2. The summed E-state index contributed by atoms with van der Waals surface area (Å²) in [5.74, 6) is 0.738. The number of phenols is 1. The van der Waals surface area contributed by atoms with Gasteiger partial charge in [0, 0.05) is 18.7 Å². The molecule has 1 aliphatic heterocycles. The SMILES string of the molecule is O=C(c1noc(-c2cc(Br)c(O)c(Br)c2)n1)N1CCC(Cc2ccccc2)CC1. The summed E-state index contributed by atoms with van der Waals surface area (Å²) >= 11 is 6.55. The Morgan fingerprint density at radius 1 is 1.14 bits per heavy atom. The van der Waals surface area contributed by atoms with Crippen molar-refractivity contribution in [3.8, 4) is 17.2 Å². The van der Waals surface area contributed by atoms with Crippen LogP contribution in [0.5, 0.6) is 5.75 Å². The first-order chi connectivity index (χ1) is 14.0. The van der Waals surface area contributed by atoms with Gasteiger partial charge in [0.15, 0.2) is 0 Å². The summed E-state index contributed by atoms with van der Waals surface area (Å²) in [6.07, 6.45) is 2.96. The van der Waals surface area contributed by atoms with E-state index in [1.165, 1.54) is 5.56 Å². The van der Waals surface area contributed by atoms with Crippen molar-refractivity contribution < 1.29 is 14.4 Å². The van der Waals surface area contributed by atoms with Crippen LogP contribution in [0.3, 0.4) is 0 Å². The minimum absolute atomic E-state index is 0.0572. The first-order valence-electron chi connectivity index (χ1n) is 9.36. The number of nitrogens with zero attached hydrogens (tertiary/aromatic N) is 3. The number of carbonyl (C=O) groups is 1. The highest BCUT2D eigenvalue weighted by Crippen LogP contribution is 2.36. The molecule has 1 N–H and O–H groups in total. The van der Waals surface area contributed by atoms with Gasteiger partial charge >= 0.3 is 0 Å². The Labute approximate surface area is 185 Å². The summed E-state index contributed by atoms with van der Waals surface area (Å²) in [5, 5.41) is 13.7. The van der Waals surface area contributed by atoms with Crippen molar-refractivity contribution in [3.05, 3.63) is 62.8 Å². The fourth-order valence-electron chi connectivity index (χ4n) is 3.55. The van der Waals surface area contributed by atoms with E-state index in [-0.39, 0.29) is 23.4 Å². The molecule has 0 unspecified atom stereocenters. The number of hydrogen-bond acceptors (Lipinski definition) is 5. The number of phenolic OH excluding ortho intramolecular Hbond substituents is 1. The molecule has 1 fully saturated rings. The van der Waals surface area contributed by atoms with E-state index in [2.05, 4.69) is 66.3 Å². The fraction of sp³-hybridized carbons (Fsp3) is 0.286. The van der Waals surface area contributed by atoms with Crippen LogP contribution in [0.2, 0.25) is 0 Å². The molecule has 0 atom stereocenters. The van der Waals surface area contributed by atoms with Gasteiger partial charge in [-0.15, -0.1) is 0 Å². The van der Waals surface area contributed by atoms with Crippen LogP contribution in [0.15, 0.2) is 55.9 Å². The second-order valence-electron chi connectivity index (χ2n) is 7.14. The average Bonchev–Trinajstić information content (AvgIpc) is 3.23. The number of carbonyl (C=O) groups excluding carboxylic acids is 1. The van der Waals surface area contributed by atoms with Gasteiger partial charge in [-0.2, -0.15) is 4.98 Å². The lowest BCUT2D eigenvalue weighted by Gasteiger charge is -2.31. The number of aromatic hydroxyl groups is 1. The minimum Gasteiger partial charge on any atom is -0.506 e. The van der Waals surface area contributed by atoms with E-state index in [9.17, 15) is 9.90 Å². The maximum absolute atomic E-state index is 12.8. The maximum Gasteiger partial charge on any atom is 0.295 e. The topological polar surface area (TPSA) is 79.5 Å². The van der Waals surface area contributed by atoms with Crippen molar-refractivity contribution in [1.29, 1.82) is 0 Å². The van der Waals surface area contributed by atoms with Gasteiger partial charge in [-0.1, -0.05) is 35.5 Å². The normalized spacial score (nSPS) is 14.9. The largest absolute Gasteiger partial charge is 0.506 e. The Bertz CT molecular complexity index is 992. The molecule has 0 spiro atoms. The molecule has 1 aliphatic rings. The highest BCUT2D eigenvalue weighted by molar-refractivity contribution is 9.11. The lowest BCUT2D eigenvalue weighted by atomic mass is 9.90. The fourth-order valence-corrected chi connectivity index (χ4v) is 4.73. The molecule has 2 aromatic carbocycles. The smallest absolute Gasteiger partial charge is 0.295 e. The van der Waals surface area contributed by atoms with E-state index in [0.29, 0.717) is 33.5 Å². The average molecular weight is 521 g/mol. The molecule has 8 heteroatoms. The minimum atomic E-state index is -0.213. The van der Waals surface area contributed by atoms with E-state index in [0.717, 1.165) is 19.3 Å². The van der Waals surface area contributed by atoms with Crippen molar-refractivity contribution in [2.75, 3.05) is 13.1 Å². The second-order valence-corrected chi connectivity index (χ2v) is 8.85. The molecular formula is C21H19Br2N3O3. The molecular weight excluding hydrogens is 502 g/mol. The van der Waals surface area contributed by atoms with Gasteiger partial charge in [0.25, 0.3) is 17.6 Å². The van der Waals surface area contributed by atoms with Crippen molar-refractivity contribution in [1.82, 2.24) is 15.0 Å². The molecule has 0 aliphatic carbocycles. The van der Waals surface area contributed by atoms with E-state index in [4.69, 9.17) is 4.52 Å². The predicted octanol–water partition coefficient (Wildman–Crippen LogP) is 5.06. The summed E-state index contributed by atoms with van der Waals surface area (Å²) in [7, 11) is 0. The Balaban J connectivity index is 1.40. The summed E-state index contributed by atoms with van der Waals surface area (Å²) in [6, 6.07) is 13.8. The van der Waals surface area contributed by atoms with Gasteiger partial charge in [0.05, 0.1) is 8.95 Å². The Morgan fingerprint density at radius 3 is 2.45 bits per heavy atom. The molecule has 1 saturated heterocycles. The summed E-state index contributed by atoms with van der Waals surface area (Å²) < 4.78 is 6.27. The number of hydrogen-bond donors (Lipinski definition) is 1. The van der Waals surface area contributed by atoms with E-state index in [1.54, 1.807) is 17.0 Å². The van der Waals surface area contributed by atoms with E-state index >= 15 is 0 Å². The van der Waals surface area contributed by atoms with Gasteiger partial charge in [-0.3, -0.25) is 4.79 Å². The van der Waals surface area contributed by atoms with Crippen molar-refractivity contribution in [3.63, 3.8) is 0 Å². The molecule has 29 heavy (non-hydrogen) atoms. The van der Waals surface area contributed by atoms with Gasteiger partial charge in [0.1, 0.15) is 5.75 Å². The van der Waals surface area contributed by atoms with Crippen molar-refractivity contribution >= 4 is 37.8 Å². The number of benzene rings is 2. The number of aromatic nitrogens is 2. The summed E-state index contributed by atoms with van der Waals surface area (Å²) in [5.41, 5.74) is 1.95. The van der Waals surface area contributed by atoms with Crippen LogP contribution in [-0.2, 0) is 6.42 Å². The molecule has 4 rings (SSSR count). The van der Waals surface area contributed by atoms with Gasteiger partial charge in [-0.05, 0) is 74.7 Å².